The Bertz CT molecular complexity index is 252. The Morgan fingerprint density at radius 3 is 1.44 bits per heavy atom. The molecule has 0 bridgehead atoms. The summed E-state index contributed by atoms with van der Waals surface area (Å²) in [5.41, 5.74) is 0. The largest absolute Gasteiger partial charge is 0.368 e. The van der Waals surface area contributed by atoms with E-state index >= 15 is 0 Å². The van der Waals surface area contributed by atoms with Gasteiger partial charge in [-0.05, 0) is 0 Å². The molecule has 0 amide bonds. The molecule has 0 aromatic carbocycles. The molecule has 9 heavy (non-hydrogen) atoms. The molecule has 0 spiro atoms. The molecule has 0 aromatic rings. The molecule has 6 nitrogen and oxygen atoms in total. The van der Waals surface area contributed by atoms with Gasteiger partial charge in [-0.3, -0.25) is 13.7 Å². The second-order valence-corrected chi connectivity index (χ2v) is 8.29. The smallest absolute Gasteiger partial charge is 0.295 e. The van der Waals surface area contributed by atoms with Gasteiger partial charge < -0.3 is 0 Å². The fourth-order valence-electron chi connectivity index (χ4n) is 0. The highest BCUT2D eigenvalue weighted by atomic mass is 33.2. The highest BCUT2D eigenvalue weighted by molar-refractivity contribution is 8.74. The van der Waals surface area contributed by atoms with E-state index in [1.165, 1.54) is 0 Å². The summed E-state index contributed by atoms with van der Waals surface area (Å²) < 4.78 is 53.6. The zero-order chi connectivity index (χ0) is 7.95. The van der Waals surface area contributed by atoms with Gasteiger partial charge in [-0.15, -0.1) is 0 Å². The molecule has 0 fully saturated rings. The van der Waals surface area contributed by atoms with Gasteiger partial charge in [0.15, 0.2) is 0 Å². The first-order chi connectivity index (χ1) is 3.51. The maximum atomic E-state index is 10.1. The fourth-order valence-corrected chi connectivity index (χ4v) is 0. The molecule has 58 valence electrons. The van der Waals surface area contributed by atoms with Crippen LogP contribution in [0.3, 0.4) is 0 Å². The lowest BCUT2D eigenvalue weighted by Gasteiger charge is -2.19. The predicted molar refractivity (Wildman–Crippen MR) is 30.9 cm³/mol. The van der Waals surface area contributed by atoms with E-state index in [1.54, 1.807) is 0 Å². The van der Waals surface area contributed by atoms with Gasteiger partial charge in [-0.2, -0.15) is 8.42 Å². The third-order valence-corrected chi connectivity index (χ3v) is 4.36. The van der Waals surface area contributed by atoms with Gasteiger partial charge in [0.25, 0.3) is 0 Å². The highest BCUT2D eigenvalue weighted by Crippen LogP contribution is 2.17. The Kier molecular flexibility index (Phi) is 1.52. The quantitative estimate of drug-likeness (QED) is 0.357. The molecule has 0 aliphatic carbocycles. The van der Waals surface area contributed by atoms with Crippen molar-refractivity contribution < 1.29 is 26.3 Å². The van der Waals surface area contributed by atoms with Crippen LogP contribution in [-0.2, 0) is 17.8 Å². The third kappa shape index (κ3) is 1.99. The molecule has 0 saturated heterocycles. The van der Waals surface area contributed by atoms with E-state index < -0.39 is 17.8 Å². The fraction of sp³-hybridized carbons (Fsp3) is 1.00. The summed E-state index contributed by atoms with van der Waals surface area (Å²) in [6, 6.07) is 0. The average molecular weight is 178 g/mol. The lowest BCUT2D eigenvalue weighted by atomic mass is 12.0. The van der Waals surface area contributed by atoms with E-state index in [0.717, 1.165) is 0 Å². The van der Waals surface area contributed by atoms with Crippen LogP contribution in [0.2, 0.25) is 0 Å². The molecule has 3 N–H and O–H groups in total. The Hall–Kier alpha value is -0.0200. The lowest BCUT2D eigenvalue weighted by molar-refractivity contribution is 0.400. The SMILES string of the molecule is CS(=O)(O)(O)S(=O)(=O)O. The summed E-state index contributed by atoms with van der Waals surface area (Å²) in [6.45, 7) is 0. The van der Waals surface area contributed by atoms with Crippen LogP contribution in [0.5, 0.6) is 0 Å². The molecule has 0 rings (SSSR count). The van der Waals surface area contributed by atoms with Crippen LogP contribution < -0.4 is 0 Å². The van der Waals surface area contributed by atoms with Crippen LogP contribution in [-0.4, -0.2) is 32.5 Å². The van der Waals surface area contributed by atoms with Crippen molar-refractivity contribution in [2.24, 2.45) is 0 Å². The minimum atomic E-state index is -5.81. The van der Waals surface area contributed by atoms with Crippen molar-refractivity contribution in [1.29, 1.82) is 0 Å². The number of hydrogen-bond acceptors (Lipinski definition) is 3. The van der Waals surface area contributed by atoms with Crippen LogP contribution in [0.15, 0.2) is 0 Å². The average Bonchev–Trinajstić information content (AvgIpc) is 1.20. The van der Waals surface area contributed by atoms with Crippen LogP contribution in [0.1, 0.15) is 0 Å². The molecule has 8 heteroatoms. The first-order valence-corrected chi connectivity index (χ1v) is 5.87. The summed E-state index contributed by atoms with van der Waals surface area (Å²) in [6.07, 6.45) is 0.118. The minimum absolute atomic E-state index is 0.118. The molecule has 0 aliphatic heterocycles. The van der Waals surface area contributed by atoms with Crippen molar-refractivity contribution in [1.82, 2.24) is 0 Å². The molecule has 0 unspecified atom stereocenters. The second-order valence-electron chi connectivity index (χ2n) is 1.57. The summed E-state index contributed by atoms with van der Waals surface area (Å²) in [5.74, 6) is 0. The zero-order valence-corrected chi connectivity index (χ0v) is 6.02. The molecule has 0 aliphatic rings. The first kappa shape index (κ1) is 8.98. The van der Waals surface area contributed by atoms with Crippen molar-refractivity contribution in [2.45, 2.75) is 0 Å². The van der Waals surface area contributed by atoms with Crippen LogP contribution in [0, 0.1) is 0 Å². The van der Waals surface area contributed by atoms with Crippen molar-refractivity contribution in [2.75, 3.05) is 6.26 Å². The molecule has 0 atom stereocenters. The topological polar surface area (TPSA) is 112 Å². The minimum Gasteiger partial charge on any atom is -0.295 e. The maximum Gasteiger partial charge on any atom is 0.368 e. The van der Waals surface area contributed by atoms with Crippen LogP contribution >= 0.6 is 0 Å². The maximum absolute atomic E-state index is 10.1. The standard InChI is InChI=1S/CH6O6S2/c1-9(5,6,7)8(2,3)4/h1H3,(H,2,3,4)(H2,5,6,7). The van der Waals surface area contributed by atoms with Crippen molar-refractivity contribution in [3.8, 4) is 0 Å². The predicted octanol–water partition coefficient (Wildman–Crippen LogP) is -0.815. The zero-order valence-electron chi connectivity index (χ0n) is 4.38. The van der Waals surface area contributed by atoms with E-state index in [0.29, 0.717) is 0 Å². The van der Waals surface area contributed by atoms with E-state index in [4.69, 9.17) is 13.7 Å². The number of hydrogen-bond donors (Lipinski definition) is 3. The molecule has 0 saturated carbocycles. The Balaban J connectivity index is 5.35. The van der Waals surface area contributed by atoms with E-state index in [-0.39, 0.29) is 6.26 Å². The van der Waals surface area contributed by atoms with Gasteiger partial charge in [-0.1, -0.05) is 0 Å². The molecular formula is CH6O6S2. The summed E-state index contributed by atoms with van der Waals surface area (Å²) in [4.78, 5) is 0. The van der Waals surface area contributed by atoms with Gasteiger partial charge in [0.05, 0.1) is 6.26 Å². The second kappa shape index (κ2) is 1.52. The van der Waals surface area contributed by atoms with Crippen molar-refractivity contribution in [3.05, 3.63) is 0 Å². The van der Waals surface area contributed by atoms with Gasteiger partial charge in [0, 0.05) is 0 Å². The molecule has 0 radical (unpaired) electrons. The van der Waals surface area contributed by atoms with Crippen LogP contribution in [0.4, 0.5) is 0 Å². The van der Waals surface area contributed by atoms with Crippen LogP contribution in [0.25, 0.3) is 0 Å². The summed E-state index contributed by atoms with van der Waals surface area (Å²) in [5, 5.41) is 0. The highest BCUT2D eigenvalue weighted by Gasteiger charge is 2.38. The normalized spacial score (nSPS) is 18.4. The third-order valence-electron chi connectivity index (χ3n) is 0.485. The van der Waals surface area contributed by atoms with Gasteiger partial charge in [0.1, 0.15) is 0 Å². The molecule has 0 heterocycles. The molecular weight excluding hydrogens is 172 g/mol. The van der Waals surface area contributed by atoms with E-state index in [2.05, 4.69) is 0 Å². The lowest BCUT2D eigenvalue weighted by Crippen LogP contribution is -2.38. The van der Waals surface area contributed by atoms with Gasteiger partial charge in [0.2, 0.25) is 8.66 Å². The van der Waals surface area contributed by atoms with E-state index in [9.17, 15) is 12.6 Å². The van der Waals surface area contributed by atoms with Gasteiger partial charge in [-0.25, -0.2) is 4.21 Å². The Morgan fingerprint density at radius 1 is 1.33 bits per heavy atom. The monoisotopic (exact) mass is 178 g/mol. The number of rotatable bonds is 1. The van der Waals surface area contributed by atoms with Crippen molar-refractivity contribution >= 4 is 17.8 Å². The van der Waals surface area contributed by atoms with Crippen molar-refractivity contribution in [3.63, 3.8) is 0 Å². The van der Waals surface area contributed by atoms with Gasteiger partial charge >= 0.3 is 9.15 Å². The summed E-state index contributed by atoms with van der Waals surface area (Å²) >= 11 is 0. The molecule has 0 aromatic heterocycles. The Morgan fingerprint density at radius 2 is 1.44 bits per heavy atom. The summed E-state index contributed by atoms with van der Waals surface area (Å²) in [7, 11) is -11.1. The Labute approximate surface area is 51.1 Å². The van der Waals surface area contributed by atoms with E-state index in [1.807, 2.05) is 0 Å². The first-order valence-electron chi connectivity index (χ1n) is 1.62.